The van der Waals surface area contributed by atoms with Crippen molar-refractivity contribution < 1.29 is 0 Å². The number of aromatic nitrogens is 3. The third-order valence-corrected chi connectivity index (χ3v) is 4.62. The Hall–Kier alpha value is -2.29. The molecule has 0 atom stereocenters. The molecular formula is C18H15ClN4S. The second-order valence-electron chi connectivity index (χ2n) is 5.39. The van der Waals surface area contributed by atoms with Gasteiger partial charge in [0.15, 0.2) is 11.0 Å². The third kappa shape index (κ3) is 3.30. The minimum atomic E-state index is 0.318. The first-order valence-corrected chi connectivity index (χ1v) is 8.75. The van der Waals surface area contributed by atoms with Crippen molar-refractivity contribution in [3.05, 3.63) is 58.6 Å². The highest BCUT2D eigenvalue weighted by Gasteiger charge is 2.17. The van der Waals surface area contributed by atoms with Crippen LogP contribution in [0, 0.1) is 25.2 Å². The van der Waals surface area contributed by atoms with Gasteiger partial charge in [-0.05, 0) is 43.2 Å². The van der Waals surface area contributed by atoms with Gasteiger partial charge in [0, 0.05) is 10.6 Å². The summed E-state index contributed by atoms with van der Waals surface area (Å²) in [7, 11) is 0. The molecule has 3 aromatic rings. The van der Waals surface area contributed by atoms with Gasteiger partial charge in [-0.25, -0.2) is 0 Å². The van der Waals surface area contributed by atoms with Crippen LogP contribution in [0.2, 0.25) is 5.02 Å². The third-order valence-electron chi connectivity index (χ3n) is 3.59. The summed E-state index contributed by atoms with van der Waals surface area (Å²) in [6, 6.07) is 15.9. The summed E-state index contributed by atoms with van der Waals surface area (Å²) in [6.45, 7) is 4.10. The van der Waals surface area contributed by atoms with Crippen molar-refractivity contribution in [2.45, 2.75) is 19.0 Å². The first-order chi connectivity index (χ1) is 11.6. The van der Waals surface area contributed by atoms with E-state index < -0.39 is 0 Å². The molecule has 0 spiro atoms. The van der Waals surface area contributed by atoms with Gasteiger partial charge in [0.1, 0.15) is 0 Å². The highest BCUT2D eigenvalue weighted by molar-refractivity contribution is 7.99. The fraction of sp³-hybridized carbons (Fsp3) is 0.167. The molecule has 6 heteroatoms. The Kier molecular flexibility index (Phi) is 4.89. The molecule has 0 unspecified atom stereocenters. The highest BCUT2D eigenvalue weighted by atomic mass is 35.5. The maximum atomic E-state index is 8.90. The Labute approximate surface area is 150 Å². The quantitative estimate of drug-likeness (QED) is 0.630. The molecule has 0 N–H and O–H groups in total. The van der Waals surface area contributed by atoms with Gasteiger partial charge in [-0.2, -0.15) is 5.26 Å². The fourth-order valence-electron chi connectivity index (χ4n) is 2.45. The number of thioether (sulfide) groups is 1. The summed E-state index contributed by atoms with van der Waals surface area (Å²) in [5.41, 5.74) is 4.16. The molecule has 0 saturated carbocycles. The van der Waals surface area contributed by atoms with E-state index in [1.54, 1.807) is 0 Å². The Morgan fingerprint density at radius 1 is 1.17 bits per heavy atom. The molecule has 1 heterocycles. The van der Waals surface area contributed by atoms with Gasteiger partial charge in [-0.15, -0.1) is 10.2 Å². The predicted octanol–water partition coefficient (Wildman–Crippen LogP) is 4.82. The molecule has 0 aliphatic heterocycles. The van der Waals surface area contributed by atoms with E-state index >= 15 is 0 Å². The van der Waals surface area contributed by atoms with E-state index in [0.717, 1.165) is 22.4 Å². The van der Waals surface area contributed by atoms with Crippen molar-refractivity contribution in [2.75, 3.05) is 5.75 Å². The highest BCUT2D eigenvalue weighted by Crippen LogP contribution is 2.30. The Morgan fingerprint density at radius 2 is 2.00 bits per heavy atom. The number of benzene rings is 2. The lowest BCUT2D eigenvalue weighted by Gasteiger charge is -2.13. The van der Waals surface area contributed by atoms with Crippen LogP contribution in [0.3, 0.4) is 0 Å². The molecule has 0 aliphatic rings. The van der Waals surface area contributed by atoms with Crippen LogP contribution < -0.4 is 0 Å². The molecule has 0 amide bonds. The van der Waals surface area contributed by atoms with Crippen LogP contribution in [0.25, 0.3) is 17.1 Å². The van der Waals surface area contributed by atoms with Crippen LogP contribution in [0.4, 0.5) is 0 Å². The van der Waals surface area contributed by atoms with Gasteiger partial charge in [-0.1, -0.05) is 47.6 Å². The summed E-state index contributed by atoms with van der Waals surface area (Å²) >= 11 is 7.51. The zero-order valence-corrected chi connectivity index (χ0v) is 14.9. The molecular weight excluding hydrogens is 340 g/mol. The van der Waals surface area contributed by atoms with E-state index in [4.69, 9.17) is 16.9 Å². The first kappa shape index (κ1) is 16.6. The van der Waals surface area contributed by atoms with Crippen LogP contribution in [-0.4, -0.2) is 20.5 Å². The maximum absolute atomic E-state index is 8.90. The van der Waals surface area contributed by atoms with Crippen molar-refractivity contribution in [3.63, 3.8) is 0 Å². The van der Waals surface area contributed by atoms with E-state index in [9.17, 15) is 0 Å². The summed E-state index contributed by atoms with van der Waals surface area (Å²) in [5, 5.41) is 18.9. The Balaban J connectivity index is 2.22. The molecule has 2 aromatic carbocycles. The number of rotatable bonds is 4. The van der Waals surface area contributed by atoms with E-state index in [1.165, 1.54) is 11.8 Å². The van der Waals surface area contributed by atoms with Crippen LogP contribution in [0.1, 0.15) is 11.1 Å². The average Bonchev–Trinajstić information content (AvgIpc) is 2.99. The first-order valence-electron chi connectivity index (χ1n) is 7.39. The monoisotopic (exact) mass is 354 g/mol. The van der Waals surface area contributed by atoms with E-state index in [0.29, 0.717) is 21.8 Å². The molecule has 4 nitrogen and oxygen atoms in total. The lowest BCUT2D eigenvalue weighted by Crippen LogP contribution is -2.02. The molecule has 24 heavy (non-hydrogen) atoms. The minimum Gasteiger partial charge on any atom is -0.270 e. The van der Waals surface area contributed by atoms with Gasteiger partial charge in [0.05, 0.1) is 17.5 Å². The zero-order valence-electron chi connectivity index (χ0n) is 13.3. The van der Waals surface area contributed by atoms with Gasteiger partial charge in [-0.3, -0.25) is 4.57 Å². The zero-order chi connectivity index (χ0) is 17.1. The predicted molar refractivity (Wildman–Crippen MR) is 97.6 cm³/mol. The lowest BCUT2D eigenvalue weighted by molar-refractivity contribution is 0.881. The average molecular weight is 355 g/mol. The summed E-state index contributed by atoms with van der Waals surface area (Å²) in [5.74, 6) is 1.03. The number of nitrogens with zero attached hydrogens (tertiary/aromatic N) is 4. The SMILES string of the molecule is Cc1ccc(C)c(-n2c(SCC#N)nnc2-c2cccc(Cl)c2)c1. The summed E-state index contributed by atoms with van der Waals surface area (Å²) in [6.07, 6.45) is 0. The van der Waals surface area contributed by atoms with Crippen LogP contribution in [0.15, 0.2) is 47.6 Å². The largest absolute Gasteiger partial charge is 0.270 e. The van der Waals surface area contributed by atoms with Gasteiger partial charge in [0.2, 0.25) is 0 Å². The molecule has 0 fully saturated rings. The van der Waals surface area contributed by atoms with Crippen molar-refractivity contribution in [1.82, 2.24) is 14.8 Å². The van der Waals surface area contributed by atoms with E-state index in [1.807, 2.05) is 28.8 Å². The standard InChI is InChI=1S/C18H15ClN4S/c1-12-6-7-13(2)16(10-12)23-17(14-4-3-5-15(19)11-14)21-22-18(23)24-9-8-20/h3-7,10-11H,9H2,1-2H3. The summed E-state index contributed by atoms with van der Waals surface area (Å²) in [4.78, 5) is 0. The Bertz CT molecular complexity index is 927. The molecule has 120 valence electrons. The van der Waals surface area contributed by atoms with Gasteiger partial charge < -0.3 is 0 Å². The smallest absolute Gasteiger partial charge is 0.197 e. The topological polar surface area (TPSA) is 54.5 Å². The number of aryl methyl sites for hydroxylation is 2. The molecule has 1 aromatic heterocycles. The second-order valence-corrected chi connectivity index (χ2v) is 6.77. The van der Waals surface area contributed by atoms with E-state index in [-0.39, 0.29) is 0 Å². The number of nitriles is 1. The van der Waals surface area contributed by atoms with Gasteiger partial charge in [0.25, 0.3) is 0 Å². The van der Waals surface area contributed by atoms with Crippen LogP contribution in [0.5, 0.6) is 0 Å². The van der Waals surface area contributed by atoms with Crippen molar-refractivity contribution in [1.29, 1.82) is 5.26 Å². The summed E-state index contributed by atoms with van der Waals surface area (Å²) < 4.78 is 2.00. The number of hydrogen-bond acceptors (Lipinski definition) is 4. The number of hydrogen-bond donors (Lipinski definition) is 0. The van der Waals surface area contributed by atoms with Crippen LogP contribution >= 0.6 is 23.4 Å². The molecule has 0 bridgehead atoms. The normalized spacial score (nSPS) is 10.6. The lowest BCUT2D eigenvalue weighted by atomic mass is 10.1. The molecule has 0 radical (unpaired) electrons. The minimum absolute atomic E-state index is 0.318. The van der Waals surface area contributed by atoms with Crippen LogP contribution in [-0.2, 0) is 0 Å². The van der Waals surface area contributed by atoms with Crippen molar-refractivity contribution in [3.8, 4) is 23.1 Å². The molecule has 0 aliphatic carbocycles. The van der Waals surface area contributed by atoms with Gasteiger partial charge >= 0.3 is 0 Å². The molecule has 3 rings (SSSR count). The van der Waals surface area contributed by atoms with Crippen molar-refractivity contribution in [2.24, 2.45) is 0 Å². The van der Waals surface area contributed by atoms with Crippen molar-refractivity contribution >= 4 is 23.4 Å². The number of halogens is 1. The second kappa shape index (κ2) is 7.08. The molecule has 0 saturated heterocycles. The van der Waals surface area contributed by atoms with E-state index in [2.05, 4.69) is 48.3 Å². The maximum Gasteiger partial charge on any atom is 0.197 e. The Morgan fingerprint density at radius 3 is 2.75 bits per heavy atom. The fourth-order valence-corrected chi connectivity index (χ4v) is 3.25.